The minimum Gasteiger partial charge on any atom is -0.497 e. The molecule has 0 aliphatic heterocycles. The summed E-state index contributed by atoms with van der Waals surface area (Å²) < 4.78 is 7.24. The van der Waals surface area contributed by atoms with E-state index in [1.165, 1.54) is 11.8 Å². The van der Waals surface area contributed by atoms with E-state index in [4.69, 9.17) is 4.74 Å². The lowest BCUT2D eigenvalue weighted by atomic mass is 10.2. The van der Waals surface area contributed by atoms with Crippen LogP contribution in [-0.2, 0) is 4.79 Å². The fraction of sp³-hybridized carbons (Fsp3) is 0.167. The Bertz CT molecular complexity index is 1180. The highest BCUT2D eigenvalue weighted by atomic mass is 32.2. The number of anilines is 1. The van der Waals surface area contributed by atoms with Crippen LogP contribution >= 0.6 is 11.8 Å². The molecule has 4 rings (SSSR count). The van der Waals surface area contributed by atoms with Gasteiger partial charge in [0.25, 0.3) is 0 Å². The van der Waals surface area contributed by atoms with Gasteiger partial charge in [-0.1, -0.05) is 30.0 Å². The van der Waals surface area contributed by atoms with Gasteiger partial charge in [-0.05, 0) is 55.5 Å². The number of ether oxygens (including phenoxy) is 1. The van der Waals surface area contributed by atoms with Crippen molar-refractivity contribution in [1.29, 1.82) is 0 Å². The zero-order valence-corrected chi connectivity index (χ0v) is 18.9. The molecule has 32 heavy (non-hydrogen) atoms. The molecule has 0 saturated carbocycles. The Labute approximate surface area is 191 Å². The van der Waals surface area contributed by atoms with Crippen molar-refractivity contribution in [1.82, 2.24) is 19.7 Å². The molecule has 8 heteroatoms. The molecule has 0 saturated heterocycles. The van der Waals surface area contributed by atoms with Crippen LogP contribution in [0.2, 0.25) is 0 Å². The molecule has 0 spiro atoms. The first-order valence-corrected chi connectivity index (χ1v) is 11.0. The number of aromatic nitrogens is 4. The number of rotatable bonds is 7. The predicted octanol–water partition coefficient (Wildman–Crippen LogP) is 4.48. The molecule has 0 N–H and O–H groups in total. The lowest BCUT2D eigenvalue weighted by Gasteiger charge is -2.21. The molecule has 0 aliphatic carbocycles. The van der Waals surface area contributed by atoms with E-state index in [1.807, 2.05) is 78.2 Å². The first kappa shape index (κ1) is 21.6. The second kappa shape index (κ2) is 9.65. The third-order valence-corrected chi connectivity index (χ3v) is 6.04. The molecule has 0 fully saturated rings. The van der Waals surface area contributed by atoms with E-state index >= 15 is 0 Å². The number of pyridine rings is 1. The van der Waals surface area contributed by atoms with Gasteiger partial charge >= 0.3 is 0 Å². The van der Waals surface area contributed by atoms with Gasteiger partial charge in [-0.15, -0.1) is 10.2 Å². The Hall–Kier alpha value is -3.65. The highest BCUT2D eigenvalue weighted by molar-refractivity contribution is 8.00. The van der Waals surface area contributed by atoms with E-state index in [2.05, 4.69) is 15.2 Å². The van der Waals surface area contributed by atoms with Crippen molar-refractivity contribution in [2.45, 2.75) is 17.3 Å². The van der Waals surface area contributed by atoms with Gasteiger partial charge in [-0.2, -0.15) is 0 Å². The number of carbonyl (C=O) groups excluding carboxylic acids is 1. The number of nitrogens with zero attached hydrogens (tertiary/aromatic N) is 5. The van der Waals surface area contributed by atoms with E-state index < -0.39 is 0 Å². The Morgan fingerprint density at radius 2 is 1.69 bits per heavy atom. The third-order valence-electron chi connectivity index (χ3n) is 5.01. The highest BCUT2D eigenvalue weighted by Gasteiger charge is 2.24. The van der Waals surface area contributed by atoms with E-state index in [0.717, 1.165) is 22.7 Å². The van der Waals surface area contributed by atoms with Gasteiger partial charge in [-0.3, -0.25) is 14.3 Å². The minimum absolute atomic E-state index is 0.0176. The van der Waals surface area contributed by atoms with Gasteiger partial charge in [0.1, 0.15) is 5.75 Å². The van der Waals surface area contributed by atoms with Gasteiger partial charge in [0.2, 0.25) is 5.91 Å². The molecule has 7 nitrogen and oxygen atoms in total. The van der Waals surface area contributed by atoms with Crippen LogP contribution in [0.25, 0.3) is 17.1 Å². The lowest BCUT2D eigenvalue weighted by molar-refractivity contribution is -0.117. The van der Waals surface area contributed by atoms with E-state index in [9.17, 15) is 4.79 Å². The predicted molar refractivity (Wildman–Crippen MR) is 126 cm³/mol. The van der Waals surface area contributed by atoms with E-state index in [1.54, 1.807) is 31.5 Å². The van der Waals surface area contributed by atoms with E-state index in [0.29, 0.717) is 11.0 Å². The Balaban J connectivity index is 1.67. The summed E-state index contributed by atoms with van der Waals surface area (Å²) in [6, 6.07) is 21.0. The molecule has 0 aliphatic rings. The topological polar surface area (TPSA) is 73.1 Å². The molecule has 2 aromatic carbocycles. The van der Waals surface area contributed by atoms with Crippen molar-refractivity contribution in [2.75, 3.05) is 19.1 Å². The number of para-hydroxylation sites is 1. The second-order valence-corrected chi connectivity index (χ2v) is 8.38. The summed E-state index contributed by atoms with van der Waals surface area (Å²) in [5, 5.41) is 9.11. The molecule has 2 aromatic heterocycles. The number of amides is 1. The van der Waals surface area contributed by atoms with Gasteiger partial charge in [-0.25, -0.2) is 0 Å². The molecule has 0 bridgehead atoms. The smallest absolute Gasteiger partial charge is 0.240 e. The summed E-state index contributed by atoms with van der Waals surface area (Å²) in [6.07, 6.45) is 3.44. The SMILES string of the molecule is COc1ccc(-n2c(SC(C)C(=O)N(C)c3ccccc3)nnc2-c2ccncc2)cc1. The number of thioether (sulfide) groups is 1. The van der Waals surface area contributed by atoms with Gasteiger partial charge < -0.3 is 9.64 Å². The summed E-state index contributed by atoms with van der Waals surface area (Å²) in [5.74, 6) is 1.42. The van der Waals surface area contributed by atoms with Crippen LogP contribution < -0.4 is 9.64 Å². The Morgan fingerprint density at radius 1 is 1.00 bits per heavy atom. The Kier molecular flexibility index (Phi) is 6.51. The summed E-state index contributed by atoms with van der Waals surface area (Å²) in [4.78, 5) is 18.8. The standard InChI is InChI=1S/C24H23N5O2S/c1-17(23(30)28(2)19-7-5-4-6-8-19)32-24-27-26-22(18-13-15-25-16-14-18)29(24)20-9-11-21(31-3)12-10-20/h4-17H,1-3H3. The average molecular weight is 446 g/mol. The fourth-order valence-electron chi connectivity index (χ4n) is 3.26. The molecule has 1 atom stereocenters. The molecular formula is C24H23N5O2S. The van der Waals surface area contributed by atoms with Crippen LogP contribution in [0, 0.1) is 0 Å². The molecular weight excluding hydrogens is 422 g/mol. The molecule has 1 unspecified atom stereocenters. The van der Waals surface area contributed by atoms with E-state index in [-0.39, 0.29) is 11.2 Å². The van der Waals surface area contributed by atoms with Gasteiger partial charge in [0.05, 0.1) is 12.4 Å². The average Bonchev–Trinajstić information content (AvgIpc) is 3.27. The number of hydrogen-bond acceptors (Lipinski definition) is 6. The van der Waals surface area contributed by atoms with Crippen molar-refractivity contribution < 1.29 is 9.53 Å². The van der Waals surface area contributed by atoms with Gasteiger partial charge in [0.15, 0.2) is 11.0 Å². The van der Waals surface area contributed by atoms with Crippen LogP contribution in [0.3, 0.4) is 0 Å². The van der Waals surface area contributed by atoms with Crippen LogP contribution in [0.1, 0.15) is 6.92 Å². The lowest BCUT2D eigenvalue weighted by Crippen LogP contribution is -2.33. The van der Waals surface area contributed by atoms with Crippen molar-refractivity contribution in [3.8, 4) is 22.8 Å². The van der Waals surface area contributed by atoms with Crippen LogP contribution in [-0.4, -0.2) is 45.1 Å². The first-order valence-electron chi connectivity index (χ1n) is 10.1. The highest BCUT2D eigenvalue weighted by Crippen LogP contribution is 2.31. The fourth-order valence-corrected chi connectivity index (χ4v) is 4.22. The number of methoxy groups -OCH3 is 1. The molecule has 1 amide bonds. The van der Waals surface area contributed by atoms with Crippen molar-refractivity contribution in [3.63, 3.8) is 0 Å². The minimum atomic E-state index is -0.369. The zero-order valence-electron chi connectivity index (χ0n) is 18.0. The maximum absolute atomic E-state index is 13.1. The maximum atomic E-state index is 13.1. The molecule has 2 heterocycles. The number of benzene rings is 2. The summed E-state index contributed by atoms with van der Waals surface area (Å²) in [6.45, 7) is 1.88. The van der Waals surface area contributed by atoms with Crippen LogP contribution in [0.5, 0.6) is 5.75 Å². The number of hydrogen-bond donors (Lipinski definition) is 0. The van der Waals surface area contributed by atoms with Crippen LogP contribution in [0.4, 0.5) is 5.69 Å². The largest absolute Gasteiger partial charge is 0.497 e. The zero-order chi connectivity index (χ0) is 22.5. The Morgan fingerprint density at radius 3 is 2.34 bits per heavy atom. The van der Waals surface area contributed by atoms with Crippen molar-refractivity contribution in [3.05, 3.63) is 79.1 Å². The van der Waals surface area contributed by atoms with Crippen molar-refractivity contribution in [2.24, 2.45) is 0 Å². The molecule has 4 aromatic rings. The van der Waals surface area contributed by atoms with Gasteiger partial charge in [0, 0.05) is 36.4 Å². The molecule has 162 valence electrons. The summed E-state index contributed by atoms with van der Waals surface area (Å²) in [5.41, 5.74) is 2.61. The number of carbonyl (C=O) groups is 1. The monoisotopic (exact) mass is 445 g/mol. The summed E-state index contributed by atoms with van der Waals surface area (Å²) >= 11 is 1.37. The maximum Gasteiger partial charge on any atom is 0.240 e. The summed E-state index contributed by atoms with van der Waals surface area (Å²) in [7, 11) is 3.42. The second-order valence-electron chi connectivity index (χ2n) is 7.07. The first-order chi connectivity index (χ1) is 15.6. The van der Waals surface area contributed by atoms with Crippen molar-refractivity contribution >= 4 is 23.4 Å². The third kappa shape index (κ3) is 4.50. The molecule has 0 radical (unpaired) electrons. The quantitative estimate of drug-likeness (QED) is 0.391. The normalized spacial score (nSPS) is 11.7. The van der Waals surface area contributed by atoms with Crippen LogP contribution in [0.15, 0.2) is 84.3 Å².